The number of hydrogen-bond acceptors (Lipinski definition) is 3. The van der Waals surface area contributed by atoms with Crippen LogP contribution in [0.25, 0.3) is 11.0 Å². The molecule has 0 aliphatic rings. The highest BCUT2D eigenvalue weighted by Gasteiger charge is 1.97. The fourth-order valence-electron chi connectivity index (χ4n) is 0.997. The van der Waals surface area contributed by atoms with Gasteiger partial charge in [0.05, 0.1) is 5.39 Å². The Hall–Kier alpha value is -1.33. The van der Waals surface area contributed by atoms with E-state index in [4.69, 9.17) is 0 Å². The summed E-state index contributed by atoms with van der Waals surface area (Å²) in [6.07, 6.45) is 1.51. The molecule has 0 atom stereocenters. The molecule has 5 nitrogen and oxygen atoms in total. The van der Waals surface area contributed by atoms with E-state index in [2.05, 4.69) is 15.0 Å². The van der Waals surface area contributed by atoms with Crippen molar-refractivity contribution in [1.82, 2.24) is 15.0 Å². The molecule has 0 radical (unpaired) electrons. The van der Waals surface area contributed by atoms with Gasteiger partial charge >= 0.3 is 5.69 Å². The summed E-state index contributed by atoms with van der Waals surface area (Å²) in [5.41, 5.74) is -0.640. The van der Waals surface area contributed by atoms with E-state index in [1.165, 1.54) is 6.20 Å². The van der Waals surface area contributed by atoms with Gasteiger partial charge in [0.2, 0.25) is 0 Å². The fraction of sp³-hybridized carbons (Fsp3) is 0. The number of nitrogens with one attached hydrogen (secondary N) is 2. The van der Waals surface area contributed by atoms with E-state index < -0.39 is 11.2 Å². The summed E-state index contributed by atoms with van der Waals surface area (Å²) >= 11 is 0. The van der Waals surface area contributed by atoms with Crippen LogP contribution in [-0.4, -0.2) is 15.0 Å². The average molecular weight is 236 g/mol. The highest BCUT2D eigenvalue weighted by Crippen LogP contribution is 1.96. The average Bonchev–Trinajstić information content (AvgIpc) is 2.04. The lowest BCUT2D eigenvalue weighted by molar-refractivity contribution is 1.06. The normalized spacial score (nSPS) is 8.86. The molecule has 0 fully saturated rings. The van der Waals surface area contributed by atoms with Crippen molar-refractivity contribution in [2.45, 2.75) is 0 Å². The molecule has 14 heavy (non-hydrogen) atoms. The van der Waals surface area contributed by atoms with Gasteiger partial charge < -0.3 is 0 Å². The van der Waals surface area contributed by atoms with E-state index in [1.807, 2.05) is 0 Å². The highest BCUT2D eigenvalue weighted by atomic mass is 35.5. The predicted molar refractivity (Wildman–Crippen MR) is 57.5 cm³/mol. The molecule has 2 heterocycles. The number of aromatic amines is 2. The maximum Gasteiger partial charge on any atom is 0.327 e. The Labute approximate surface area is 90.4 Å². The topological polar surface area (TPSA) is 78.6 Å². The molecule has 0 spiro atoms. The number of rotatable bonds is 0. The quantitative estimate of drug-likeness (QED) is 0.697. The molecule has 2 aromatic heterocycles. The van der Waals surface area contributed by atoms with Gasteiger partial charge in [0.15, 0.2) is 0 Å². The number of hydrogen-bond donors (Lipinski definition) is 2. The van der Waals surface area contributed by atoms with Crippen LogP contribution in [-0.2, 0) is 0 Å². The second-order valence-corrected chi connectivity index (χ2v) is 2.31. The molecule has 0 aliphatic heterocycles. The maximum atomic E-state index is 11.1. The van der Waals surface area contributed by atoms with Crippen molar-refractivity contribution < 1.29 is 0 Å². The minimum Gasteiger partial charge on any atom is -0.291 e. The molecule has 2 rings (SSSR count). The summed E-state index contributed by atoms with van der Waals surface area (Å²) in [6.45, 7) is 0. The van der Waals surface area contributed by atoms with Crippen LogP contribution in [0.2, 0.25) is 0 Å². The Morgan fingerprint density at radius 1 is 1.14 bits per heavy atom. The van der Waals surface area contributed by atoms with E-state index in [1.54, 1.807) is 12.1 Å². The first-order chi connectivity index (χ1) is 5.77. The van der Waals surface area contributed by atoms with Gasteiger partial charge in [-0.05, 0) is 12.1 Å². The SMILES string of the molecule is Cl.Cl.O=c1[nH]c(=O)c2cccnc2[nH]1. The molecule has 0 aliphatic carbocycles. The molecule has 0 unspecified atom stereocenters. The Morgan fingerprint density at radius 2 is 1.86 bits per heavy atom. The Kier molecular flexibility index (Phi) is 4.33. The first kappa shape index (κ1) is 12.7. The molecule has 0 saturated heterocycles. The highest BCUT2D eigenvalue weighted by molar-refractivity contribution is 5.85. The van der Waals surface area contributed by atoms with Gasteiger partial charge in [-0.1, -0.05) is 0 Å². The molecular formula is C7H7Cl2N3O2. The van der Waals surface area contributed by atoms with Crippen molar-refractivity contribution in [3.05, 3.63) is 39.2 Å². The van der Waals surface area contributed by atoms with Gasteiger partial charge in [0.25, 0.3) is 5.56 Å². The fourth-order valence-corrected chi connectivity index (χ4v) is 0.997. The van der Waals surface area contributed by atoms with Gasteiger partial charge in [0.1, 0.15) is 5.65 Å². The molecule has 0 saturated carbocycles. The molecule has 0 bridgehead atoms. The number of nitrogens with zero attached hydrogens (tertiary/aromatic N) is 1. The maximum absolute atomic E-state index is 11.1. The third-order valence-electron chi connectivity index (χ3n) is 1.51. The molecule has 0 amide bonds. The summed E-state index contributed by atoms with van der Waals surface area (Å²) in [5.74, 6) is 0. The minimum atomic E-state index is -0.536. The number of H-pyrrole nitrogens is 2. The molecule has 2 N–H and O–H groups in total. The van der Waals surface area contributed by atoms with E-state index in [0.29, 0.717) is 11.0 Å². The number of fused-ring (bicyclic) bond motifs is 1. The first-order valence-corrected chi connectivity index (χ1v) is 3.35. The van der Waals surface area contributed by atoms with Crippen LogP contribution in [0.5, 0.6) is 0 Å². The monoisotopic (exact) mass is 235 g/mol. The van der Waals surface area contributed by atoms with Crippen LogP contribution in [0, 0.1) is 0 Å². The third kappa shape index (κ3) is 2.12. The smallest absolute Gasteiger partial charge is 0.291 e. The first-order valence-electron chi connectivity index (χ1n) is 3.35. The Balaban J connectivity index is 0.000000845. The molecular weight excluding hydrogens is 229 g/mol. The zero-order valence-corrected chi connectivity index (χ0v) is 8.45. The van der Waals surface area contributed by atoms with Gasteiger partial charge in [0, 0.05) is 6.20 Å². The molecule has 76 valence electrons. The number of halogens is 2. The number of pyridine rings is 1. The van der Waals surface area contributed by atoms with E-state index in [0.717, 1.165) is 0 Å². The summed E-state index contributed by atoms with van der Waals surface area (Å²) < 4.78 is 0. The van der Waals surface area contributed by atoms with Crippen molar-refractivity contribution >= 4 is 35.8 Å². The zero-order chi connectivity index (χ0) is 8.55. The van der Waals surface area contributed by atoms with Crippen molar-refractivity contribution in [1.29, 1.82) is 0 Å². The van der Waals surface area contributed by atoms with Gasteiger partial charge in [-0.25, -0.2) is 9.78 Å². The molecule has 7 heteroatoms. The van der Waals surface area contributed by atoms with Crippen molar-refractivity contribution in [2.75, 3.05) is 0 Å². The third-order valence-corrected chi connectivity index (χ3v) is 1.51. The van der Waals surface area contributed by atoms with Crippen LogP contribution in [0.3, 0.4) is 0 Å². The minimum absolute atomic E-state index is 0. The standard InChI is InChI=1S/C7H5N3O2.2ClH/c11-6-4-2-1-3-8-5(4)9-7(12)10-6;;/h1-3H,(H2,8,9,10,11,12);2*1H. The lowest BCUT2D eigenvalue weighted by atomic mass is 10.3. The Morgan fingerprint density at radius 3 is 2.57 bits per heavy atom. The van der Waals surface area contributed by atoms with Gasteiger partial charge in [-0.3, -0.25) is 14.8 Å². The zero-order valence-electron chi connectivity index (χ0n) is 6.81. The number of aromatic nitrogens is 3. The molecule has 2 aromatic rings. The van der Waals surface area contributed by atoms with E-state index in [-0.39, 0.29) is 24.8 Å². The predicted octanol–water partition coefficient (Wildman–Crippen LogP) is 0.455. The van der Waals surface area contributed by atoms with Crippen molar-refractivity contribution in [3.63, 3.8) is 0 Å². The molecule has 0 aromatic carbocycles. The lowest BCUT2D eigenvalue weighted by Gasteiger charge is -1.91. The van der Waals surface area contributed by atoms with Crippen molar-refractivity contribution in [3.8, 4) is 0 Å². The second kappa shape index (κ2) is 4.78. The second-order valence-electron chi connectivity index (χ2n) is 2.31. The lowest BCUT2D eigenvalue weighted by Crippen LogP contribution is -2.22. The summed E-state index contributed by atoms with van der Waals surface area (Å²) in [6, 6.07) is 3.23. The van der Waals surface area contributed by atoms with Crippen LogP contribution in [0.1, 0.15) is 0 Å². The Bertz CT molecular complexity index is 534. The summed E-state index contributed by atoms with van der Waals surface area (Å²) in [4.78, 5) is 30.2. The van der Waals surface area contributed by atoms with E-state index in [9.17, 15) is 9.59 Å². The largest absolute Gasteiger partial charge is 0.327 e. The van der Waals surface area contributed by atoms with Crippen LogP contribution >= 0.6 is 24.8 Å². The van der Waals surface area contributed by atoms with Crippen LogP contribution < -0.4 is 11.2 Å². The van der Waals surface area contributed by atoms with Gasteiger partial charge in [-0.2, -0.15) is 0 Å². The van der Waals surface area contributed by atoms with Gasteiger partial charge in [-0.15, -0.1) is 24.8 Å². The van der Waals surface area contributed by atoms with E-state index >= 15 is 0 Å². The van der Waals surface area contributed by atoms with Crippen LogP contribution in [0.15, 0.2) is 27.9 Å². The van der Waals surface area contributed by atoms with Crippen molar-refractivity contribution in [2.24, 2.45) is 0 Å². The summed E-state index contributed by atoms with van der Waals surface area (Å²) in [7, 11) is 0. The van der Waals surface area contributed by atoms with Crippen LogP contribution in [0.4, 0.5) is 0 Å². The summed E-state index contributed by atoms with van der Waals surface area (Å²) in [5, 5.41) is 0.386.